The lowest BCUT2D eigenvalue weighted by Crippen LogP contribution is -2.18. The van der Waals surface area contributed by atoms with E-state index in [0.29, 0.717) is 12.0 Å². The van der Waals surface area contributed by atoms with E-state index in [1.165, 1.54) is 0 Å². The van der Waals surface area contributed by atoms with Crippen LogP contribution in [-0.2, 0) is 6.42 Å². The molecule has 1 N–H and O–H groups in total. The predicted molar refractivity (Wildman–Crippen MR) is 65.5 cm³/mol. The minimum atomic E-state index is -0.280. The molecule has 1 aromatic rings. The molecular weight excluding hydrogens is 216 g/mol. The summed E-state index contributed by atoms with van der Waals surface area (Å²) >= 11 is 0. The van der Waals surface area contributed by atoms with Crippen molar-refractivity contribution in [3.63, 3.8) is 0 Å². The second-order valence-corrected chi connectivity index (χ2v) is 4.43. The van der Waals surface area contributed by atoms with Crippen LogP contribution in [0, 0.1) is 5.92 Å². The Labute approximate surface area is 101 Å². The lowest BCUT2D eigenvalue weighted by atomic mass is 9.93. The molecule has 0 saturated carbocycles. The Balaban J connectivity index is 2.24. The molecule has 1 aliphatic heterocycles. The van der Waals surface area contributed by atoms with E-state index < -0.39 is 0 Å². The van der Waals surface area contributed by atoms with Gasteiger partial charge < -0.3 is 9.84 Å². The predicted octanol–water partition coefficient (Wildman–Crippen LogP) is 2.21. The van der Waals surface area contributed by atoms with Crippen molar-refractivity contribution < 1.29 is 14.6 Å². The van der Waals surface area contributed by atoms with Gasteiger partial charge in [0.1, 0.15) is 5.75 Å². The van der Waals surface area contributed by atoms with E-state index in [1.807, 2.05) is 19.1 Å². The van der Waals surface area contributed by atoms with Crippen molar-refractivity contribution in [2.24, 2.45) is 5.92 Å². The molecule has 1 aromatic carbocycles. The molecular formula is C14H18O3. The Morgan fingerprint density at radius 2 is 2.35 bits per heavy atom. The molecule has 0 amide bonds. The van der Waals surface area contributed by atoms with Crippen LogP contribution >= 0.6 is 0 Å². The smallest absolute Gasteiger partial charge is 0.168 e. The molecule has 2 rings (SSSR count). The van der Waals surface area contributed by atoms with Crippen molar-refractivity contribution in [2.75, 3.05) is 13.2 Å². The average Bonchev–Trinajstić information content (AvgIpc) is 2.39. The molecule has 1 aliphatic rings. The number of hydrogen-bond acceptors (Lipinski definition) is 3. The third kappa shape index (κ3) is 2.50. The minimum absolute atomic E-state index is 0.0309. The standard InChI is InChI=1S/C14H18O3/c1-2-10(9-15)14(16)12-5-6-13-11(8-12)4-3-7-17-13/h5-6,8,10,15H,2-4,7,9H2,1H3. The Bertz CT molecular complexity index is 408. The fourth-order valence-corrected chi connectivity index (χ4v) is 2.15. The molecule has 0 aliphatic carbocycles. The summed E-state index contributed by atoms with van der Waals surface area (Å²) in [6.45, 7) is 2.59. The first-order valence-electron chi connectivity index (χ1n) is 6.17. The number of aliphatic hydroxyl groups excluding tert-OH is 1. The topological polar surface area (TPSA) is 46.5 Å². The maximum atomic E-state index is 12.1. The number of hydrogen-bond donors (Lipinski definition) is 1. The number of rotatable bonds is 4. The van der Waals surface area contributed by atoms with Gasteiger partial charge in [-0.2, -0.15) is 0 Å². The van der Waals surface area contributed by atoms with Gasteiger partial charge in [0.2, 0.25) is 0 Å². The summed E-state index contributed by atoms with van der Waals surface area (Å²) in [6, 6.07) is 5.58. The van der Waals surface area contributed by atoms with E-state index >= 15 is 0 Å². The van der Waals surface area contributed by atoms with Crippen molar-refractivity contribution in [2.45, 2.75) is 26.2 Å². The van der Waals surface area contributed by atoms with Crippen LogP contribution in [0.25, 0.3) is 0 Å². The lowest BCUT2D eigenvalue weighted by molar-refractivity contribution is 0.0856. The van der Waals surface area contributed by atoms with E-state index in [0.717, 1.165) is 30.8 Å². The Hall–Kier alpha value is -1.35. The van der Waals surface area contributed by atoms with Crippen LogP contribution in [-0.4, -0.2) is 24.1 Å². The van der Waals surface area contributed by atoms with E-state index in [1.54, 1.807) is 6.07 Å². The van der Waals surface area contributed by atoms with Gasteiger partial charge in [0, 0.05) is 11.5 Å². The highest BCUT2D eigenvalue weighted by molar-refractivity contribution is 5.98. The van der Waals surface area contributed by atoms with E-state index in [9.17, 15) is 4.79 Å². The Kier molecular flexibility index (Phi) is 3.79. The number of ether oxygens (including phenoxy) is 1. The Morgan fingerprint density at radius 3 is 3.06 bits per heavy atom. The van der Waals surface area contributed by atoms with E-state index in [-0.39, 0.29) is 18.3 Å². The average molecular weight is 234 g/mol. The second-order valence-electron chi connectivity index (χ2n) is 4.43. The van der Waals surface area contributed by atoms with Gasteiger partial charge in [0.15, 0.2) is 5.78 Å². The summed E-state index contributed by atoms with van der Waals surface area (Å²) in [5.74, 6) is 0.644. The molecule has 0 radical (unpaired) electrons. The highest BCUT2D eigenvalue weighted by Crippen LogP contribution is 2.26. The van der Waals surface area contributed by atoms with Crippen molar-refractivity contribution >= 4 is 5.78 Å². The van der Waals surface area contributed by atoms with E-state index in [2.05, 4.69) is 0 Å². The molecule has 0 spiro atoms. The molecule has 17 heavy (non-hydrogen) atoms. The van der Waals surface area contributed by atoms with E-state index in [4.69, 9.17) is 9.84 Å². The van der Waals surface area contributed by atoms with Crippen molar-refractivity contribution in [1.29, 1.82) is 0 Å². The number of Topliss-reactive ketones (excluding diaryl/α,β-unsaturated/α-hetero) is 1. The fraction of sp³-hybridized carbons (Fsp3) is 0.500. The molecule has 3 heteroatoms. The van der Waals surface area contributed by atoms with Crippen LogP contribution in [0.4, 0.5) is 0 Å². The van der Waals surface area contributed by atoms with Gasteiger partial charge in [-0.1, -0.05) is 6.92 Å². The number of aryl methyl sites for hydroxylation is 1. The lowest BCUT2D eigenvalue weighted by Gasteiger charge is -2.18. The highest BCUT2D eigenvalue weighted by Gasteiger charge is 2.19. The van der Waals surface area contributed by atoms with Crippen molar-refractivity contribution in [3.8, 4) is 5.75 Å². The normalized spacial score (nSPS) is 15.9. The summed E-state index contributed by atoms with van der Waals surface area (Å²) < 4.78 is 5.51. The van der Waals surface area contributed by atoms with Crippen LogP contribution in [0.1, 0.15) is 35.7 Å². The van der Waals surface area contributed by atoms with Gasteiger partial charge in [0.05, 0.1) is 13.2 Å². The zero-order chi connectivity index (χ0) is 12.3. The molecule has 0 bridgehead atoms. The maximum absolute atomic E-state index is 12.1. The molecule has 0 saturated heterocycles. The zero-order valence-electron chi connectivity index (χ0n) is 10.1. The monoisotopic (exact) mass is 234 g/mol. The molecule has 3 nitrogen and oxygen atoms in total. The van der Waals surface area contributed by atoms with Crippen LogP contribution < -0.4 is 4.74 Å². The van der Waals surface area contributed by atoms with Crippen LogP contribution in [0.2, 0.25) is 0 Å². The molecule has 1 unspecified atom stereocenters. The SMILES string of the molecule is CCC(CO)C(=O)c1ccc2c(c1)CCCO2. The fourth-order valence-electron chi connectivity index (χ4n) is 2.15. The van der Waals surface area contributed by atoms with Gasteiger partial charge in [0.25, 0.3) is 0 Å². The summed E-state index contributed by atoms with van der Waals surface area (Å²) in [5, 5.41) is 9.15. The van der Waals surface area contributed by atoms with Gasteiger partial charge in [-0.05, 0) is 43.0 Å². The summed E-state index contributed by atoms with van der Waals surface area (Å²) in [4.78, 5) is 12.1. The molecule has 1 heterocycles. The van der Waals surface area contributed by atoms with Gasteiger partial charge in [-0.3, -0.25) is 4.79 Å². The maximum Gasteiger partial charge on any atom is 0.168 e. The number of carbonyl (C=O) groups excluding carboxylic acids is 1. The number of carbonyl (C=O) groups is 1. The van der Waals surface area contributed by atoms with Crippen molar-refractivity contribution in [3.05, 3.63) is 29.3 Å². The molecule has 0 fully saturated rings. The first-order valence-corrected chi connectivity index (χ1v) is 6.17. The minimum Gasteiger partial charge on any atom is -0.493 e. The molecule has 1 atom stereocenters. The van der Waals surface area contributed by atoms with Crippen LogP contribution in [0.3, 0.4) is 0 Å². The van der Waals surface area contributed by atoms with Gasteiger partial charge in [-0.25, -0.2) is 0 Å². The molecule has 92 valence electrons. The van der Waals surface area contributed by atoms with Crippen molar-refractivity contribution in [1.82, 2.24) is 0 Å². The van der Waals surface area contributed by atoms with Crippen LogP contribution in [0.15, 0.2) is 18.2 Å². The third-order valence-electron chi connectivity index (χ3n) is 3.28. The number of aliphatic hydroxyl groups is 1. The molecule has 0 aromatic heterocycles. The Morgan fingerprint density at radius 1 is 1.53 bits per heavy atom. The number of fused-ring (bicyclic) bond motifs is 1. The summed E-state index contributed by atoms with van der Waals surface area (Å²) in [5.41, 5.74) is 1.80. The zero-order valence-corrected chi connectivity index (χ0v) is 10.1. The van der Waals surface area contributed by atoms with Gasteiger partial charge in [-0.15, -0.1) is 0 Å². The number of ketones is 1. The first kappa shape index (κ1) is 12.1. The summed E-state index contributed by atoms with van der Waals surface area (Å²) in [7, 11) is 0. The third-order valence-corrected chi connectivity index (χ3v) is 3.28. The highest BCUT2D eigenvalue weighted by atomic mass is 16.5. The number of benzene rings is 1. The quantitative estimate of drug-likeness (QED) is 0.812. The first-order chi connectivity index (χ1) is 8.26. The largest absolute Gasteiger partial charge is 0.493 e. The summed E-state index contributed by atoms with van der Waals surface area (Å²) in [6.07, 6.45) is 2.64. The van der Waals surface area contributed by atoms with Crippen LogP contribution in [0.5, 0.6) is 5.75 Å². The second kappa shape index (κ2) is 5.32. The van der Waals surface area contributed by atoms with Gasteiger partial charge >= 0.3 is 0 Å².